The smallest absolute Gasteiger partial charge is 0.133 e. The maximum atomic E-state index is 9.51. The van der Waals surface area contributed by atoms with Crippen LogP contribution < -0.4 is 4.74 Å². The first kappa shape index (κ1) is 19.5. The highest BCUT2D eigenvalue weighted by molar-refractivity contribution is 14.1. The molecular formula is C23H17ClINO. The molecule has 3 aromatic rings. The highest BCUT2D eigenvalue weighted by Crippen LogP contribution is 2.26. The summed E-state index contributed by atoms with van der Waals surface area (Å²) in [5.41, 5.74) is 4.76. The van der Waals surface area contributed by atoms with E-state index in [9.17, 15) is 5.26 Å². The van der Waals surface area contributed by atoms with Crippen LogP contribution in [0, 0.1) is 21.8 Å². The first-order chi connectivity index (χ1) is 13.0. The van der Waals surface area contributed by atoms with Crippen molar-refractivity contribution >= 4 is 45.8 Å². The fraction of sp³-hybridized carbons (Fsp3) is 0.0870. The van der Waals surface area contributed by atoms with E-state index in [1.54, 1.807) is 0 Å². The minimum Gasteiger partial charge on any atom is -0.488 e. The Balaban J connectivity index is 1.76. The number of nitrogens with zero attached hydrogens (tertiary/aromatic N) is 1. The largest absolute Gasteiger partial charge is 0.488 e. The van der Waals surface area contributed by atoms with Crippen molar-refractivity contribution in [3.8, 4) is 11.8 Å². The highest BCUT2D eigenvalue weighted by Gasteiger charge is 2.05. The Morgan fingerprint density at radius 3 is 2.41 bits per heavy atom. The number of hydrogen-bond donors (Lipinski definition) is 0. The van der Waals surface area contributed by atoms with E-state index in [0.29, 0.717) is 17.2 Å². The average molecular weight is 486 g/mol. The molecule has 0 heterocycles. The normalized spacial score (nSPS) is 11.1. The maximum Gasteiger partial charge on any atom is 0.133 e. The maximum absolute atomic E-state index is 9.51. The number of allylic oxidation sites excluding steroid dienone is 1. The van der Waals surface area contributed by atoms with Crippen molar-refractivity contribution in [3.05, 3.63) is 97.6 Å². The number of benzene rings is 3. The van der Waals surface area contributed by atoms with Crippen LogP contribution in [0.25, 0.3) is 11.6 Å². The third-order valence-electron chi connectivity index (χ3n) is 4.06. The standard InChI is InChI=1S/C23H17ClINO/c1-16-2-7-19(8-3-16)20(14-26)12-18-6-11-23(22(25)13-18)27-15-17-4-9-21(24)10-5-17/h2-13H,15H2,1H3/b20-12-. The van der Waals surface area contributed by atoms with Crippen molar-refractivity contribution in [1.82, 2.24) is 0 Å². The van der Waals surface area contributed by atoms with Crippen molar-refractivity contribution in [2.75, 3.05) is 0 Å². The number of nitriles is 1. The first-order valence-electron chi connectivity index (χ1n) is 8.41. The van der Waals surface area contributed by atoms with E-state index in [4.69, 9.17) is 16.3 Å². The molecular weight excluding hydrogens is 469 g/mol. The van der Waals surface area contributed by atoms with E-state index >= 15 is 0 Å². The van der Waals surface area contributed by atoms with E-state index < -0.39 is 0 Å². The Morgan fingerprint density at radius 1 is 1.07 bits per heavy atom. The van der Waals surface area contributed by atoms with E-state index in [-0.39, 0.29) is 0 Å². The summed E-state index contributed by atoms with van der Waals surface area (Å²) in [4.78, 5) is 0. The monoisotopic (exact) mass is 485 g/mol. The van der Waals surface area contributed by atoms with Crippen LogP contribution in [0.2, 0.25) is 5.02 Å². The Bertz CT molecular complexity index is 1000. The van der Waals surface area contributed by atoms with Crippen LogP contribution in [0.1, 0.15) is 22.3 Å². The van der Waals surface area contributed by atoms with Gasteiger partial charge in [0.05, 0.1) is 15.2 Å². The molecule has 0 fully saturated rings. The molecule has 0 aliphatic heterocycles. The molecule has 0 aliphatic rings. The second kappa shape index (κ2) is 9.07. The quantitative estimate of drug-likeness (QED) is 0.224. The van der Waals surface area contributed by atoms with Gasteiger partial charge in [0.25, 0.3) is 0 Å². The Hall–Kier alpha value is -2.29. The van der Waals surface area contributed by atoms with Crippen molar-refractivity contribution in [1.29, 1.82) is 5.26 Å². The molecule has 134 valence electrons. The second-order valence-electron chi connectivity index (χ2n) is 6.14. The second-order valence-corrected chi connectivity index (χ2v) is 7.74. The number of aryl methyl sites for hydroxylation is 1. The van der Waals surface area contributed by atoms with Gasteiger partial charge >= 0.3 is 0 Å². The minimum absolute atomic E-state index is 0.481. The van der Waals surface area contributed by atoms with Crippen LogP contribution in [0.4, 0.5) is 0 Å². The minimum atomic E-state index is 0.481. The number of rotatable bonds is 5. The fourth-order valence-electron chi connectivity index (χ4n) is 2.55. The lowest BCUT2D eigenvalue weighted by Crippen LogP contribution is -1.97. The lowest BCUT2D eigenvalue weighted by molar-refractivity contribution is 0.304. The van der Waals surface area contributed by atoms with E-state index in [1.807, 2.05) is 79.7 Å². The van der Waals surface area contributed by atoms with Gasteiger partial charge in [0.2, 0.25) is 0 Å². The molecule has 0 saturated heterocycles. The number of halogens is 2. The van der Waals surface area contributed by atoms with Crippen LogP contribution >= 0.6 is 34.2 Å². The van der Waals surface area contributed by atoms with Gasteiger partial charge in [-0.25, -0.2) is 0 Å². The Morgan fingerprint density at radius 2 is 1.78 bits per heavy atom. The zero-order valence-electron chi connectivity index (χ0n) is 14.7. The van der Waals surface area contributed by atoms with Gasteiger partial charge in [-0.05, 0) is 76.5 Å². The van der Waals surface area contributed by atoms with Gasteiger partial charge in [-0.2, -0.15) is 5.26 Å². The summed E-state index contributed by atoms with van der Waals surface area (Å²) in [6.45, 7) is 2.51. The first-order valence-corrected chi connectivity index (χ1v) is 9.86. The van der Waals surface area contributed by atoms with Gasteiger partial charge < -0.3 is 4.74 Å². The van der Waals surface area contributed by atoms with Crippen molar-refractivity contribution in [3.63, 3.8) is 0 Å². The predicted octanol–water partition coefficient (Wildman–Crippen LogP) is 6.90. The van der Waals surface area contributed by atoms with Crippen LogP contribution in [0.5, 0.6) is 5.75 Å². The highest BCUT2D eigenvalue weighted by atomic mass is 127. The SMILES string of the molecule is Cc1ccc(/C(C#N)=C\c2ccc(OCc3ccc(Cl)cc3)c(I)c2)cc1. The predicted molar refractivity (Wildman–Crippen MR) is 120 cm³/mol. The van der Waals surface area contributed by atoms with Crippen molar-refractivity contribution < 1.29 is 4.74 Å². The van der Waals surface area contributed by atoms with Crippen LogP contribution in [0.15, 0.2) is 66.7 Å². The summed E-state index contributed by atoms with van der Waals surface area (Å²) in [5.74, 6) is 0.816. The van der Waals surface area contributed by atoms with Gasteiger partial charge in [-0.1, -0.05) is 59.6 Å². The molecule has 0 radical (unpaired) electrons. The van der Waals surface area contributed by atoms with Gasteiger partial charge in [0.1, 0.15) is 12.4 Å². The molecule has 0 saturated carbocycles. The number of ether oxygens (including phenoxy) is 1. The lowest BCUT2D eigenvalue weighted by Gasteiger charge is -2.09. The zero-order chi connectivity index (χ0) is 19.2. The molecule has 0 aromatic heterocycles. The van der Waals surface area contributed by atoms with Crippen LogP contribution in [0.3, 0.4) is 0 Å². The molecule has 3 aromatic carbocycles. The Labute approximate surface area is 178 Å². The van der Waals surface area contributed by atoms with Gasteiger partial charge in [0.15, 0.2) is 0 Å². The lowest BCUT2D eigenvalue weighted by atomic mass is 10.0. The summed E-state index contributed by atoms with van der Waals surface area (Å²) < 4.78 is 6.91. The molecule has 27 heavy (non-hydrogen) atoms. The molecule has 0 bridgehead atoms. The Kier molecular flexibility index (Phi) is 6.54. The third kappa shape index (κ3) is 5.35. The topological polar surface area (TPSA) is 33.0 Å². The zero-order valence-corrected chi connectivity index (χ0v) is 17.7. The molecule has 3 rings (SSSR count). The van der Waals surface area contributed by atoms with Crippen molar-refractivity contribution in [2.45, 2.75) is 13.5 Å². The molecule has 0 unspecified atom stereocenters. The molecule has 0 atom stereocenters. The van der Waals surface area contributed by atoms with Gasteiger partial charge in [-0.3, -0.25) is 0 Å². The molecule has 2 nitrogen and oxygen atoms in total. The summed E-state index contributed by atoms with van der Waals surface area (Å²) in [6.07, 6.45) is 1.90. The molecule has 0 amide bonds. The summed E-state index contributed by atoms with van der Waals surface area (Å²) in [6, 6.07) is 23.8. The van der Waals surface area contributed by atoms with Gasteiger partial charge in [-0.15, -0.1) is 0 Å². The van der Waals surface area contributed by atoms with Gasteiger partial charge in [0, 0.05) is 5.02 Å². The third-order valence-corrected chi connectivity index (χ3v) is 5.15. The molecule has 0 spiro atoms. The number of hydrogen-bond acceptors (Lipinski definition) is 2. The summed E-state index contributed by atoms with van der Waals surface area (Å²) in [7, 11) is 0. The average Bonchev–Trinajstić information content (AvgIpc) is 2.67. The summed E-state index contributed by atoms with van der Waals surface area (Å²) >= 11 is 8.16. The van der Waals surface area contributed by atoms with Crippen LogP contribution in [-0.2, 0) is 6.61 Å². The molecule has 4 heteroatoms. The van der Waals surface area contributed by atoms with Crippen LogP contribution in [-0.4, -0.2) is 0 Å². The van der Waals surface area contributed by atoms with E-state index in [0.717, 1.165) is 26.0 Å². The fourth-order valence-corrected chi connectivity index (χ4v) is 3.37. The van der Waals surface area contributed by atoms with E-state index in [1.165, 1.54) is 5.56 Å². The molecule has 0 aliphatic carbocycles. The van der Waals surface area contributed by atoms with Crippen molar-refractivity contribution in [2.24, 2.45) is 0 Å². The van der Waals surface area contributed by atoms with E-state index in [2.05, 4.69) is 28.7 Å². The molecule has 0 N–H and O–H groups in total. The summed E-state index contributed by atoms with van der Waals surface area (Å²) in [5, 5.41) is 10.2.